The van der Waals surface area contributed by atoms with Gasteiger partial charge in [0, 0.05) is 26.1 Å². The number of benzene rings is 2. The Morgan fingerprint density at radius 2 is 1.85 bits per heavy atom. The van der Waals surface area contributed by atoms with Gasteiger partial charge in [-0.25, -0.2) is 4.98 Å². The van der Waals surface area contributed by atoms with Crippen molar-refractivity contribution in [3.63, 3.8) is 0 Å². The maximum Gasteiger partial charge on any atom is 0.306 e. The van der Waals surface area contributed by atoms with E-state index in [4.69, 9.17) is 9.47 Å². The molecule has 0 unspecified atom stereocenters. The van der Waals surface area contributed by atoms with Crippen LogP contribution >= 0.6 is 0 Å². The fraction of sp³-hybridized carbons (Fsp3) is 0.385. The van der Waals surface area contributed by atoms with Crippen LogP contribution in [0.4, 0.5) is 0 Å². The highest BCUT2D eigenvalue weighted by Gasteiger charge is 2.28. The maximum atomic E-state index is 12.9. The Balaban J connectivity index is 1.30. The third-order valence-electron chi connectivity index (χ3n) is 5.78. The Kier molecular flexibility index (Phi) is 7.25. The van der Waals surface area contributed by atoms with E-state index >= 15 is 0 Å². The van der Waals surface area contributed by atoms with Crippen molar-refractivity contribution in [1.29, 1.82) is 0 Å². The number of likely N-dealkylation sites (N-methyl/N-ethyl adjacent to an activating group) is 1. The molecule has 1 amide bonds. The number of esters is 1. The SMILES string of the molecule is CCOc1ccc(CN(C)C(=O)COC(=O)CCc2nc3ccccc3c(=O)n2C2CC2)cc1. The van der Waals surface area contributed by atoms with E-state index in [2.05, 4.69) is 4.98 Å². The van der Waals surface area contributed by atoms with Crippen molar-refractivity contribution in [2.24, 2.45) is 0 Å². The van der Waals surface area contributed by atoms with Crippen LogP contribution in [-0.4, -0.2) is 46.6 Å². The number of fused-ring (bicyclic) bond motifs is 1. The second kappa shape index (κ2) is 10.5. The minimum Gasteiger partial charge on any atom is -0.494 e. The van der Waals surface area contributed by atoms with Gasteiger partial charge in [0.1, 0.15) is 11.6 Å². The van der Waals surface area contributed by atoms with Crippen LogP contribution in [0.25, 0.3) is 10.9 Å². The van der Waals surface area contributed by atoms with E-state index in [1.807, 2.05) is 43.3 Å². The van der Waals surface area contributed by atoms with Crippen LogP contribution in [0.3, 0.4) is 0 Å². The number of para-hydroxylation sites is 1. The number of aromatic nitrogens is 2. The molecule has 2 aromatic carbocycles. The fourth-order valence-electron chi connectivity index (χ4n) is 3.84. The van der Waals surface area contributed by atoms with E-state index in [9.17, 15) is 14.4 Å². The molecule has 1 heterocycles. The van der Waals surface area contributed by atoms with Crippen LogP contribution in [0.2, 0.25) is 0 Å². The molecule has 178 valence electrons. The third-order valence-corrected chi connectivity index (χ3v) is 5.78. The second-order valence-electron chi connectivity index (χ2n) is 8.44. The summed E-state index contributed by atoms with van der Waals surface area (Å²) in [7, 11) is 1.67. The van der Waals surface area contributed by atoms with Gasteiger partial charge in [-0.2, -0.15) is 0 Å². The predicted molar refractivity (Wildman–Crippen MR) is 128 cm³/mol. The highest BCUT2D eigenvalue weighted by molar-refractivity contribution is 5.80. The number of aryl methyl sites for hydroxylation is 1. The third kappa shape index (κ3) is 5.62. The Morgan fingerprint density at radius 1 is 1.12 bits per heavy atom. The normalized spacial score (nSPS) is 13.0. The van der Waals surface area contributed by atoms with Crippen molar-refractivity contribution in [1.82, 2.24) is 14.5 Å². The summed E-state index contributed by atoms with van der Waals surface area (Å²) in [6.45, 7) is 2.59. The molecule has 8 nitrogen and oxygen atoms in total. The zero-order valence-electron chi connectivity index (χ0n) is 19.5. The second-order valence-corrected chi connectivity index (χ2v) is 8.44. The molecule has 34 heavy (non-hydrogen) atoms. The summed E-state index contributed by atoms with van der Waals surface area (Å²) in [4.78, 5) is 43.8. The molecule has 0 N–H and O–H groups in total. The summed E-state index contributed by atoms with van der Waals surface area (Å²) in [5.74, 6) is 0.581. The van der Waals surface area contributed by atoms with E-state index in [1.165, 1.54) is 4.90 Å². The summed E-state index contributed by atoms with van der Waals surface area (Å²) in [6, 6.07) is 14.9. The average Bonchev–Trinajstić information content (AvgIpc) is 3.67. The van der Waals surface area contributed by atoms with E-state index < -0.39 is 5.97 Å². The number of hydrogen-bond donors (Lipinski definition) is 0. The minimum atomic E-state index is -0.493. The first-order valence-electron chi connectivity index (χ1n) is 11.6. The van der Waals surface area contributed by atoms with Crippen LogP contribution in [-0.2, 0) is 27.3 Å². The summed E-state index contributed by atoms with van der Waals surface area (Å²) in [6.07, 6.45) is 2.21. The summed E-state index contributed by atoms with van der Waals surface area (Å²) < 4.78 is 12.3. The molecular weight excluding hydrogens is 434 g/mol. The predicted octanol–water partition coefficient (Wildman–Crippen LogP) is 3.26. The fourth-order valence-corrected chi connectivity index (χ4v) is 3.84. The monoisotopic (exact) mass is 463 g/mol. The summed E-state index contributed by atoms with van der Waals surface area (Å²) >= 11 is 0. The number of amides is 1. The molecule has 1 aliphatic rings. The molecule has 0 aliphatic heterocycles. The molecule has 1 aliphatic carbocycles. The Hall–Kier alpha value is -3.68. The van der Waals surface area contributed by atoms with Crippen LogP contribution in [0.15, 0.2) is 53.3 Å². The first-order valence-corrected chi connectivity index (χ1v) is 11.6. The first-order chi connectivity index (χ1) is 16.5. The van der Waals surface area contributed by atoms with Gasteiger partial charge in [-0.1, -0.05) is 24.3 Å². The lowest BCUT2D eigenvalue weighted by molar-refractivity contribution is -0.151. The van der Waals surface area contributed by atoms with Crippen molar-refractivity contribution in [3.05, 3.63) is 70.3 Å². The van der Waals surface area contributed by atoms with Gasteiger partial charge in [-0.15, -0.1) is 0 Å². The Labute approximate surface area is 198 Å². The van der Waals surface area contributed by atoms with Crippen molar-refractivity contribution in [3.8, 4) is 5.75 Å². The topological polar surface area (TPSA) is 90.7 Å². The molecule has 3 aromatic rings. The quantitative estimate of drug-likeness (QED) is 0.429. The Bertz CT molecular complexity index is 1230. The number of carbonyl (C=O) groups is 2. The molecule has 1 fully saturated rings. The molecular formula is C26H29N3O5. The van der Waals surface area contributed by atoms with E-state index in [-0.39, 0.29) is 37.0 Å². The number of carbonyl (C=O) groups excluding carboxylic acids is 2. The van der Waals surface area contributed by atoms with E-state index in [1.54, 1.807) is 23.7 Å². The molecule has 0 radical (unpaired) electrons. The zero-order valence-corrected chi connectivity index (χ0v) is 19.5. The smallest absolute Gasteiger partial charge is 0.306 e. The average molecular weight is 464 g/mol. The van der Waals surface area contributed by atoms with Crippen molar-refractivity contribution in [2.75, 3.05) is 20.3 Å². The van der Waals surface area contributed by atoms with Crippen molar-refractivity contribution >= 4 is 22.8 Å². The number of hydrogen-bond acceptors (Lipinski definition) is 6. The van der Waals surface area contributed by atoms with E-state index in [0.717, 1.165) is 24.2 Å². The highest BCUT2D eigenvalue weighted by atomic mass is 16.5. The molecule has 1 aromatic heterocycles. The van der Waals surface area contributed by atoms with Gasteiger partial charge >= 0.3 is 5.97 Å². The lowest BCUT2D eigenvalue weighted by atomic mass is 10.2. The van der Waals surface area contributed by atoms with Gasteiger partial charge in [-0.3, -0.25) is 19.0 Å². The van der Waals surface area contributed by atoms with Gasteiger partial charge in [0.05, 0.1) is 23.9 Å². The van der Waals surface area contributed by atoms with Gasteiger partial charge in [-0.05, 0) is 49.6 Å². The van der Waals surface area contributed by atoms with Gasteiger partial charge in [0.25, 0.3) is 11.5 Å². The largest absolute Gasteiger partial charge is 0.494 e. The lowest BCUT2D eigenvalue weighted by Crippen LogP contribution is -2.31. The molecule has 0 bridgehead atoms. The van der Waals surface area contributed by atoms with E-state index in [0.29, 0.717) is 29.9 Å². The van der Waals surface area contributed by atoms with Gasteiger partial charge < -0.3 is 14.4 Å². The lowest BCUT2D eigenvalue weighted by Gasteiger charge is -2.17. The zero-order chi connectivity index (χ0) is 24.1. The minimum absolute atomic E-state index is 0.0490. The van der Waals surface area contributed by atoms with Crippen LogP contribution in [0.5, 0.6) is 5.75 Å². The molecule has 4 rings (SSSR count). The molecule has 0 saturated heterocycles. The molecule has 1 saturated carbocycles. The number of nitrogens with zero attached hydrogens (tertiary/aromatic N) is 3. The van der Waals surface area contributed by atoms with Crippen molar-refractivity contribution in [2.45, 2.75) is 45.2 Å². The molecule has 0 spiro atoms. The van der Waals surface area contributed by atoms with Crippen LogP contribution in [0.1, 0.15) is 43.6 Å². The summed E-state index contributed by atoms with van der Waals surface area (Å²) in [5.41, 5.74) is 1.51. The van der Waals surface area contributed by atoms with Crippen LogP contribution in [0, 0.1) is 0 Å². The summed E-state index contributed by atoms with van der Waals surface area (Å²) in [5, 5.41) is 0.585. The number of rotatable bonds is 10. The molecule has 0 atom stereocenters. The van der Waals surface area contributed by atoms with Crippen LogP contribution < -0.4 is 10.3 Å². The standard InChI is InChI=1S/C26H29N3O5/c1-3-33-20-12-8-18(9-13-20)16-28(2)24(30)17-34-25(31)15-14-23-27-22-7-5-4-6-21(22)26(32)29(23)19-10-11-19/h4-9,12-13,19H,3,10-11,14-17H2,1-2H3. The maximum absolute atomic E-state index is 12.9. The number of ether oxygens (including phenoxy) is 2. The Morgan fingerprint density at radius 3 is 2.56 bits per heavy atom. The first kappa shape index (κ1) is 23.5. The van der Waals surface area contributed by atoms with Crippen molar-refractivity contribution < 1.29 is 19.1 Å². The van der Waals surface area contributed by atoms with Gasteiger partial charge in [0.15, 0.2) is 6.61 Å². The highest BCUT2D eigenvalue weighted by Crippen LogP contribution is 2.34. The van der Waals surface area contributed by atoms with Gasteiger partial charge in [0.2, 0.25) is 0 Å². The molecule has 8 heteroatoms.